The van der Waals surface area contributed by atoms with E-state index in [0.717, 1.165) is 0 Å². The largest absolute Gasteiger partial charge is 0.465 e. The highest BCUT2D eigenvalue weighted by molar-refractivity contribution is 6.31. The molecule has 2 unspecified atom stereocenters. The van der Waals surface area contributed by atoms with E-state index in [4.69, 9.17) is 16.1 Å². The van der Waals surface area contributed by atoms with Crippen LogP contribution in [0.2, 0.25) is 5.02 Å². The smallest absolute Gasteiger partial charge is 0.407 e. The summed E-state index contributed by atoms with van der Waals surface area (Å²) >= 11 is 5.87. The van der Waals surface area contributed by atoms with Gasteiger partial charge in [-0.3, -0.25) is 4.79 Å². The zero-order valence-corrected chi connectivity index (χ0v) is 20.6. The quantitative estimate of drug-likeness (QED) is 0.401. The van der Waals surface area contributed by atoms with Crippen molar-refractivity contribution in [2.75, 3.05) is 6.54 Å². The number of aromatic nitrogens is 5. The lowest BCUT2D eigenvalue weighted by molar-refractivity contribution is 0.0518. The fourth-order valence-corrected chi connectivity index (χ4v) is 5.04. The van der Waals surface area contributed by atoms with E-state index < -0.39 is 11.9 Å². The summed E-state index contributed by atoms with van der Waals surface area (Å²) in [4.78, 5) is 33.0. The molecule has 1 saturated heterocycles. The van der Waals surface area contributed by atoms with Crippen molar-refractivity contribution < 1.29 is 18.8 Å². The highest BCUT2D eigenvalue weighted by Crippen LogP contribution is 2.39. The lowest BCUT2D eigenvalue weighted by Gasteiger charge is -2.44. The number of H-pyrrole nitrogens is 1. The van der Waals surface area contributed by atoms with Crippen molar-refractivity contribution in [3.63, 3.8) is 0 Å². The molecule has 1 aliphatic rings. The maximum atomic E-state index is 14.4. The van der Waals surface area contributed by atoms with Crippen LogP contribution in [0.5, 0.6) is 0 Å². The normalized spacial score (nSPS) is 18.6. The van der Waals surface area contributed by atoms with E-state index in [9.17, 15) is 19.1 Å². The molecule has 2 atom stereocenters. The molecule has 12 heteroatoms. The van der Waals surface area contributed by atoms with Crippen molar-refractivity contribution in [3.05, 3.63) is 57.3 Å². The molecule has 36 heavy (non-hydrogen) atoms. The zero-order valence-electron chi connectivity index (χ0n) is 19.8. The van der Waals surface area contributed by atoms with Crippen molar-refractivity contribution in [2.45, 2.75) is 45.6 Å². The van der Waals surface area contributed by atoms with Crippen molar-refractivity contribution in [3.8, 4) is 22.8 Å². The average molecular weight is 515 g/mol. The Labute approximate surface area is 209 Å². The number of halogens is 2. The topological polar surface area (TPSA) is 130 Å². The van der Waals surface area contributed by atoms with Gasteiger partial charge >= 0.3 is 6.09 Å². The van der Waals surface area contributed by atoms with Crippen LogP contribution in [0, 0.1) is 11.2 Å². The summed E-state index contributed by atoms with van der Waals surface area (Å²) in [7, 11) is 0. The van der Waals surface area contributed by atoms with Gasteiger partial charge in [-0.1, -0.05) is 43.6 Å². The lowest BCUT2D eigenvalue weighted by Crippen LogP contribution is -2.51. The zero-order chi connectivity index (χ0) is 25.8. The molecule has 4 heterocycles. The van der Waals surface area contributed by atoms with Gasteiger partial charge in [-0.25, -0.2) is 13.7 Å². The van der Waals surface area contributed by atoms with Gasteiger partial charge in [-0.15, -0.1) is 0 Å². The summed E-state index contributed by atoms with van der Waals surface area (Å²) in [6.07, 6.45) is 1.65. The van der Waals surface area contributed by atoms with Gasteiger partial charge in [0.05, 0.1) is 28.0 Å². The first-order valence-electron chi connectivity index (χ1n) is 11.4. The Morgan fingerprint density at radius 2 is 2.08 bits per heavy atom. The Hall–Kier alpha value is -3.73. The van der Waals surface area contributed by atoms with Gasteiger partial charge in [-0.05, 0) is 30.4 Å². The van der Waals surface area contributed by atoms with E-state index in [1.54, 1.807) is 10.6 Å². The van der Waals surface area contributed by atoms with Crippen LogP contribution in [-0.2, 0) is 0 Å². The SMILES string of the molecule is CC(C)(C)C1CC(c2cc(=O)[nH]c3c(-c4noc(-c5cccc(Cl)c5F)n4)cnn23)CCN1C(=O)O. The van der Waals surface area contributed by atoms with Crippen LogP contribution in [0.25, 0.3) is 28.5 Å². The molecule has 0 spiro atoms. The number of carbonyl (C=O) groups is 1. The summed E-state index contributed by atoms with van der Waals surface area (Å²) in [5, 5.41) is 18.0. The van der Waals surface area contributed by atoms with Gasteiger partial charge in [-0.2, -0.15) is 10.1 Å². The minimum atomic E-state index is -0.949. The number of hydrogen-bond acceptors (Lipinski definition) is 6. The maximum Gasteiger partial charge on any atom is 0.407 e. The third-order valence-electron chi connectivity index (χ3n) is 6.65. The van der Waals surface area contributed by atoms with E-state index in [0.29, 0.717) is 36.3 Å². The van der Waals surface area contributed by atoms with E-state index in [1.807, 2.05) is 20.8 Å². The van der Waals surface area contributed by atoms with Crippen LogP contribution < -0.4 is 5.56 Å². The second-order valence-corrected chi connectivity index (χ2v) is 10.4. The first-order valence-corrected chi connectivity index (χ1v) is 11.8. The Kier molecular flexibility index (Phi) is 5.82. The predicted molar refractivity (Wildman–Crippen MR) is 129 cm³/mol. The van der Waals surface area contributed by atoms with Crippen molar-refractivity contribution in [1.82, 2.24) is 29.6 Å². The third-order valence-corrected chi connectivity index (χ3v) is 6.94. The molecule has 1 aromatic carbocycles. The van der Waals surface area contributed by atoms with Crippen LogP contribution >= 0.6 is 11.6 Å². The molecular formula is C24H24ClFN6O4. The fourth-order valence-electron chi connectivity index (χ4n) is 4.86. The number of hydrogen-bond donors (Lipinski definition) is 2. The number of fused-ring (bicyclic) bond motifs is 1. The van der Waals surface area contributed by atoms with Gasteiger partial charge < -0.3 is 19.5 Å². The molecule has 3 aromatic heterocycles. The number of amides is 1. The molecule has 5 rings (SSSR count). The van der Waals surface area contributed by atoms with Crippen molar-refractivity contribution in [1.29, 1.82) is 0 Å². The Morgan fingerprint density at radius 3 is 2.81 bits per heavy atom. The summed E-state index contributed by atoms with van der Waals surface area (Å²) in [5.41, 5.74) is 0.876. The van der Waals surface area contributed by atoms with Gasteiger partial charge in [0.25, 0.3) is 11.4 Å². The number of rotatable bonds is 3. The summed E-state index contributed by atoms with van der Waals surface area (Å²) < 4.78 is 21.3. The Balaban J connectivity index is 1.54. The average Bonchev–Trinajstić information content (AvgIpc) is 3.46. The highest BCUT2D eigenvalue weighted by Gasteiger charge is 2.40. The number of nitrogens with one attached hydrogen (secondary N) is 1. The predicted octanol–water partition coefficient (Wildman–Crippen LogP) is 4.80. The molecule has 1 fully saturated rings. The molecule has 1 aliphatic heterocycles. The number of nitrogens with zero attached hydrogens (tertiary/aromatic N) is 5. The van der Waals surface area contributed by atoms with E-state index >= 15 is 0 Å². The fraction of sp³-hybridized carbons (Fsp3) is 0.375. The van der Waals surface area contributed by atoms with Crippen molar-refractivity contribution in [2.24, 2.45) is 5.41 Å². The van der Waals surface area contributed by atoms with Gasteiger partial charge in [0, 0.05) is 24.6 Å². The minimum Gasteiger partial charge on any atom is -0.465 e. The molecule has 1 amide bonds. The Morgan fingerprint density at radius 1 is 1.31 bits per heavy atom. The van der Waals surface area contributed by atoms with Gasteiger partial charge in [0.1, 0.15) is 5.65 Å². The lowest BCUT2D eigenvalue weighted by atomic mass is 9.76. The minimum absolute atomic E-state index is 0.0584. The second-order valence-electron chi connectivity index (χ2n) is 9.98. The van der Waals surface area contributed by atoms with E-state index in [-0.39, 0.29) is 45.2 Å². The highest BCUT2D eigenvalue weighted by atomic mass is 35.5. The number of aromatic amines is 1. The van der Waals surface area contributed by atoms with Gasteiger partial charge in [0.2, 0.25) is 5.82 Å². The van der Waals surface area contributed by atoms with Crippen LogP contribution in [-0.4, -0.2) is 53.4 Å². The molecule has 0 saturated carbocycles. The van der Waals surface area contributed by atoms with Crippen molar-refractivity contribution >= 4 is 23.3 Å². The monoisotopic (exact) mass is 514 g/mol. The number of piperidine rings is 1. The standard InChI is InChI=1S/C24H24ClFN6O4/c1-24(2,3)17-9-12(7-8-31(17)23(34)35)16-10-18(33)28-21-14(11-27-32(16)21)20-29-22(36-30-20)13-5-4-6-15(25)19(13)26/h4-6,10-12,17H,7-9H2,1-3H3,(H,28,33)(H,34,35). The van der Waals surface area contributed by atoms with Crippen LogP contribution in [0.4, 0.5) is 9.18 Å². The van der Waals surface area contributed by atoms with E-state index in [2.05, 4.69) is 20.2 Å². The van der Waals surface area contributed by atoms with Crippen LogP contribution in [0.15, 0.2) is 39.8 Å². The molecule has 10 nitrogen and oxygen atoms in total. The molecule has 0 radical (unpaired) electrons. The van der Waals surface area contributed by atoms with Crippen LogP contribution in [0.3, 0.4) is 0 Å². The number of likely N-dealkylation sites (tertiary alicyclic amines) is 1. The summed E-state index contributed by atoms with van der Waals surface area (Å²) in [5.74, 6) is -0.702. The molecule has 0 bridgehead atoms. The number of carboxylic acid groups (broad SMARTS) is 1. The molecule has 4 aromatic rings. The van der Waals surface area contributed by atoms with E-state index in [1.165, 1.54) is 29.3 Å². The first kappa shape index (κ1) is 24.0. The molecule has 0 aliphatic carbocycles. The molecular weight excluding hydrogens is 491 g/mol. The van der Waals surface area contributed by atoms with Gasteiger partial charge in [0.15, 0.2) is 5.82 Å². The maximum absolute atomic E-state index is 14.4. The Bertz CT molecular complexity index is 1520. The number of benzene rings is 1. The first-order chi connectivity index (χ1) is 17.0. The second kappa shape index (κ2) is 8.74. The summed E-state index contributed by atoms with van der Waals surface area (Å²) in [6, 6.07) is 5.73. The summed E-state index contributed by atoms with van der Waals surface area (Å²) in [6.45, 7) is 6.37. The molecule has 188 valence electrons. The molecule has 2 N–H and O–H groups in total. The third kappa shape index (κ3) is 4.13. The van der Waals surface area contributed by atoms with Crippen LogP contribution in [0.1, 0.15) is 45.2 Å².